The Morgan fingerprint density at radius 1 is 1.15 bits per heavy atom. The van der Waals surface area contributed by atoms with Crippen molar-refractivity contribution in [2.24, 2.45) is 0 Å². The molecule has 7 nitrogen and oxygen atoms in total. The van der Waals surface area contributed by atoms with Gasteiger partial charge in [0.25, 0.3) is 0 Å². The summed E-state index contributed by atoms with van der Waals surface area (Å²) in [6, 6.07) is 10.5. The monoisotopic (exact) mass is 379 g/mol. The van der Waals surface area contributed by atoms with Crippen molar-refractivity contribution in [1.82, 2.24) is 5.32 Å². The van der Waals surface area contributed by atoms with E-state index in [1.54, 1.807) is 12.1 Å². The topological polar surface area (TPSA) is 94.1 Å². The van der Waals surface area contributed by atoms with Crippen LogP contribution in [0.2, 0.25) is 5.02 Å². The van der Waals surface area contributed by atoms with Crippen LogP contribution in [0.15, 0.2) is 42.5 Å². The predicted octanol–water partition coefficient (Wildman–Crippen LogP) is 3.41. The summed E-state index contributed by atoms with van der Waals surface area (Å²) in [7, 11) is 2.81. The van der Waals surface area contributed by atoms with Gasteiger partial charge in [-0.1, -0.05) is 41.9 Å². The molecule has 0 spiro atoms. The number of nitrogens with one attached hydrogen (secondary N) is 1. The average molecular weight is 380 g/mol. The summed E-state index contributed by atoms with van der Waals surface area (Å²) in [5, 5.41) is 11.9. The average Bonchev–Trinajstić information content (AvgIpc) is 2.64. The molecule has 1 amide bonds. The lowest BCUT2D eigenvalue weighted by Gasteiger charge is -2.18. The van der Waals surface area contributed by atoms with Crippen molar-refractivity contribution in [3.63, 3.8) is 0 Å². The molecule has 0 aliphatic carbocycles. The molecule has 2 aromatic carbocycles. The molecule has 138 valence electrons. The van der Waals surface area contributed by atoms with E-state index >= 15 is 0 Å². The Morgan fingerprint density at radius 3 is 2.42 bits per heavy atom. The van der Waals surface area contributed by atoms with E-state index in [4.69, 9.17) is 25.8 Å². The summed E-state index contributed by atoms with van der Waals surface area (Å²) >= 11 is 6.10. The van der Waals surface area contributed by atoms with Crippen molar-refractivity contribution >= 4 is 23.7 Å². The molecule has 0 radical (unpaired) electrons. The van der Waals surface area contributed by atoms with E-state index in [0.717, 1.165) is 5.56 Å². The lowest BCUT2D eigenvalue weighted by Crippen LogP contribution is -2.34. The van der Waals surface area contributed by atoms with Gasteiger partial charge in [0, 0.05) is 0 Å². The van der Waals surface area contributed by atoms with Crippen molar-refractivity contribution in [2.75, 3.05) is 14.2 Å². The molecule has 0 aromatic heterocycles. The van der Waals surface area contributed by atoms with E-state index in [1.807, 2.05) is 18.2 Å². The van der Waals surface area contributed by atoms with Crippen LogP contribution in [0.5, 0.6) is 11.5 Å². The fourth-order valence-electron chi connectivity index (χ4n) is 2.27. The largest absolute Gasteiger partial charge is 0.493 e. The third kappa shape index (κ3) is 4.80. The van der Waals surface area contributed by atoms with E-state index in [0.29, 0.717) is 0 Å². The van der Waals surface area contributed by atoms with Crippen LogP contribution in [-0.2, 0) is 16.1 Å². The maximum Gasteiger partial charge on any atom is 0.408 e. The smallest absolute Gasteiger partial charge is 0.408 e. The standard InChI is InChI=1S/C18H18ClNO6/c1-24-14-9-12(8-13(19)16(14)25-2)15(17(21)22)20-18(23)26-10-11-6-4-3-5-7-11/h3-9,15H,10H2,1-2H3,(H,20,23)(H,21,22)/t15-/m1/s1. The third-order valence-electron chi connectivity index (χ3n) is 3.51. The highest BCUT2D eigenvalue weighted by molar-refractivity contribution is 6.32. The highest BCUT2D eigenvalue weighted by Crippen LogP contribution is 2.37. The molecule has 2 aromatic rings. The van der Waals surface area contributed by atoms with Gasteiger partial charge < -0.3 is 24.6 Å². The zero-order valence-corrected chi connectivity index (χ0v) is 14.9. The zero-order valence-electron chi connectivity index (χ0n) is 14.2. The third-order valence-corrected chi connectivity index (χ3v) is 3.79. The Balaban J connectivity index is 2.15. The Bertz CT molecular complexity index is 781. The van der Waals surface area contributed by atoms with Gasteiger partial charge in [0.15, 0.2) is 17.5 Å². The summed E-state index contributed by atoms with van der Waals surface area (Å²) in [6.07, 6.45) is -0.868. The van der Waals surface area contributed by atoms with Crippen molar-refractivity contribution in [3.8, 4) is 11.5 Å². The molecule has 0 bridgehead atoms. The van der Waals surface area contributed by atoms with E-state index in [9.17, 15) is 14.7 Å². The fraction of sp³-hybridized carbons (Fsp3) is 0.222. The van der Waals surface area contributed by atoms with Gasteiger partial charge in [-0.15, -0.1) is 0 Å². The Hall–Kier alpha value is -2.93. The lowest BCUT2D eigenvalue weighted by atomic mass is 10.1. The second kappa shape index (κ2) is 8.96. The normalized spacial score (nSPS) is 11.3. The second-order valence-electron chi connectivity index (χ2n) is 5.22. The van der Waals surface area contributed by atoms with Gasteiger partial charge in [0.05, 0.1) is 19.2 Å². The van der Waals surface area contributed by atoms with Crippen LogP contribution >= 0.6 is 11.6 Å². The number of carbonyl (C=O) groups is 2. The summed E-state index contributed by atoms with van der Waals surface area (Å²) in [5.41, 5.74) is 1.00. The number of carbonyl (C=O) groups excluding carboxylic acids is 1. The molecule has 0 saturated carbocycles. The number of carboxylic acid groups (broad SMARTS) is 1. The number of amides is 1. The number of benzene rings is 2. The van der Waals surface area contributed by atoms with Gasteiger partial charge in [0.1, 0.15) is 6.61 Å². The molecule has 8 heteroatoms. The van der Waals surface area contributed by atoms with Crippen LogP contribution in [0.1, 0.15) is 17.2 Å². The van der Waals surface area contributed by atoms with Gasteiger partial charge in [-0.2, -0.15) is 0 Å². The van der Waals surface area contributed by atoms with Crippen LogP contribution in [0.25, 0.3) is 0 Å². The Kier molecular flexibility index (Phi) is 6.68. The predicted molar refractivity (Wildman–Crippen MR) is 94.7 cm³/mol. The summed E-state index contributed by atoms with van der Waals surface area (Å²) in [4.78, 5) is 23.6. The van der Waals surface area contributed by atoms with E-state index in [1.165, 1.54) is 26.4 Å². The first-order chi connectivity index (χ1) is 12.5. The van der Waals surface area contributed by atoms with Crippen molar-refractivity contribution in [1.29, 1.82) is 0 Å². The number of rotatable bonds is 7. The van der Waals surface area contributed by atoms with Crippen molar-refractivity contribution in [3.05, 3.63) is 58.6 Å². The minimum atomic E-state index is -1.37. The lowest BCUT2D eigenvalue weighted by molar-refractivity contribution is -0.139. The quantitative estimate of drug-likeness (QED) is 0.765. The van der Waals surface area contributed by atoms with Gasteiger partial charge in [-0.05, 0) is 23.3 Å². The van der Waals surface area contributed by atoms with Gasteiger partial charge in [-0.3, -0.25) is 0 Å². The molecule has 0 heterocycles. The number of carboxylic acids is 1. The molecule has 0 aliphatic heterocycles. The molecule has 0 saturated heterocycles. The number of aliphatic carboxylic acids is 1. The first kappa shape index (κ1) is 19.4. The number of alkyl carbamates (subject to hydrolysis) is 1. The summed E-state index contributed by atoms with van der Waals surface area (Å²) in [6.45, 7) is 0.0195. The molecule has 26 heavy (non-hydrogen) atoms. The minimum Gasteiger partial charge on any atom is -0.493 e. The molecule has 0 aliphatic rings. The molecule has 1 atom stereocenters. The van der Waals surface area contributed by atoms with Gasteiger partial charge in [0.2, 0.25) is 0 Å². The van der Waals surface area contributed by atoms with Crippen LogP contribution in [0.3, 0.4) is 0 Å². The van der Waals surface area contributed by atoms with Crippen LogP contribution in [0, 0.1) is 0 Å². The first-order valence-corrected chi connectivity index (χ1v) is 7.95. The van der Waals surface area contributed by atoms with E-state index < -0.39 is 18.1 Å². The number of methoxy groups -OCH3 is 2. The maximum absolute atomic E-state index is 12.0. The molecular formula is C18H18ClNO6. The van der Waals surface area contributed by atoms with Gasteiger partial charge in [-0.25, -0.2) is 9.59 Å². The number of hydrogen-bond donors (Lipinski definition) is 2. The summed E-state index contributed by atoms with van der Waals surface area (Å²) in [5.74, 6) is -0.751. The Morgan fingerprint density at radius 2 is 1.85 bits per heavy atom. The summed E-state index contributed by atoms with van der Waals surface area (Å²) < 4.78 is 15.3. The van der Waals surface area contributed by atoms with Gasteiger partial charge >= 0.3 is 12.1 Å². The molecule has 0 fully saturated rings. The number of ether oxygens (including phenoxy) is 3. The first-order valence-electron chi connectivity index (χ1n) is 7.57. The Labute approximate surface area is 155 Å². The molecule has 2 N–H and O–H groups in total. The van der Waals surface area contributed by atoms with Crippen molar-refractivity contribution < 1.29 is 28.9 Å². The maximum atomic E-state index is 12.0. The number of halogens is 1. The fourth-order valence-corrected chi connectivity index (χ4v) is 2.57. The van der Waals surface area contributed by atoms with E-state index in [-0.39, 0.29) is 28.7 Å². The molecule has 0 unspecified atom stereocenters. The highest BCUT2D eigenvalue weighted by Gasteiger charge is 2.25. The highest BCUT2D eigenvalue weighted by atomic mass is 35.5. The van der Waals surface area contributed by atoms with E-state index in [2.05, 4.69) is 5.32 Å². The zero-order chi connectivity index (χ0) is 19.1. The molecular weight excluding hydrogens is 362 g/mol. The van der Waals surface area contributed by atoms with Crippen molar-refractivity contribution in [2.45, 2.75) is 12.6 Å². The SMILES string of the molecule is COc1cc([C@@H](NC(=O)OCc2ccccc2)C(=O)O)cc(Cl)c1OC. The number of hydrogen-bond acceptors (Lipinski definition) is 5. The molecule has 2 rings (SSSR count). The van der Waals surface area contributed by atoms with Crippen LogP contribution in [-0.4, -0.2) is 31.4 Å². The van der Waals surface area contributed by atoms with Crippen LogP contribution < -0.4 is 14.8 Å². The second-order valence-corrected chi connectivity index (χ2v) is 5.62. The minimum absolute atomic E-state index is 0.0195. The van der Waals surface area contributed by atoms with Crippen LogP contribution in [0.4, 0.5) is 4.79 Å².